The molecule has 0 aromatic heterocycles. The van der Waals surface area contributed by atoms with E-state index in [0.29, 0.717) is 10.0 Å². The third-order valence-corrected chi connectivity index (χ3v) is 4.40. The van der Waals surface area contributed by atoms with Crippen LogP contribution in [0.3, 0.4) is 0 Å². The van der Waals surface area contributed by atoms with Crippen molar-refractivity contribution < 1.29 is 9.59 Å². The van der Waals surface area contributed by atoms with Crippen LogP contribution in [0.15, 0.2) is 65.7 Å². The molecule has 0 spiro atoms. The maximum absolute atomic E-state index is 13.0. The van der Waals surface area contributed by atoms with Crippen molar-refractivity contribution in [2.75, 3.05) is 0 Å². The molecule has 0 aliphatic carbocycles. The summed E-state index contributed by atoms with van der Waals surface area (Å²) in [5.74, 6) is -0.927. The monoisotopic (exact) mass is 396 g/mol. The number of amides is 2. The normalized spacial score (nSPS) is 12.0. The van der Waals surface area contributed by atoms with Gasteiger partial charge in [0.25, 0.3) is 5.91 Å². The van der Waals surface area contributed by atoms with Crippen LogP contribution in [0.4, 0.5) is 0 Å². The zero-order chi connectivity index (χ0) is 18.0. The van der Waals surface area contributed by atoms with E-state index < -0.39 is 11.9 Å². The van der Waals surface area contributed by atoms with Gasteiger partial charge in [0.15, 0.2) is 0 Å². The second-order valence-electron chi connectivity index (χ2n) is 5.84. The van der Waals surface area contributed by atoms with E-state index in [1.54, 1.807) is 0 Å². The molecule has 0 heterocycles. The lowest BCUT2D eigenvalue weighted by molar-refractivity contribution is -0.119. The summed E-state index contributed by atoms with van der Waals surface area (Å²) in [4.78, 5) is 24.7. The fourth-order valence-electron chi connectivity index (χ4n) is 2.93. The minimum Gasteiger partial charge on any atom is -0.368 e. The van der Waals surface area contributed by atoms with Gasteiger partial charge >= 0.3 is 0 Å². The third kappa shape index (κ3) is 3.56. The topological polar surface area (TPSA) is 72.2 Å². The van der Waals surface area contributed by atoms with Gasteiger partial charge < -0.3 is 11.1 Å². The number of nitrogens with two attached hydrogens (primary N) is 1. The van der Waals surface area contributed by atoms with Crippen LogP contribution < -0.4 is 11.1 Å². The molecule has 0 bridgehead atoms. The van der Waals surface area contributed by atoms with Crippen molar-refractivity contribution in [3.05, 3.63) is 71.2 Å². The molecule has 0 saturated carbocycles. The maximum Gasteiger partial charge on any atom is 0.253 e. The van der Waals surface area contributed by atoms with Crippen LogP contribution in [-0.2, 0) is 4.79 Å². The molecule has 3 aromatic carbocycles. The van der Waals surface area contributed by atoms with Crippen molar-refractivity contribution in [1.29, 1.82) is 0 Å². The molecule has 2 amide bonds. The highest BCUT2D eigenvalue weighted by Crippen LogP contribution is 2.28. The molecule has 5 heteroatoms. The van der Waals surface area contributed by atoms with Gasteiger partial charge in [-0.1, -0.05) is 71.0 Å². The number of hydrogen-bond acceptors (Lipinski definition) is 2. The van der Waals surface area contributed by atoms with Gasteiger partial charge in [0.05, 0.1) is 5.56 Å². The zero-order valence-electron chi connectivity index (χ0n) is 13.5. The Morgan fingerprint density at radius 3 is 2.04 bits per heavy atom. The molecule has 1 atom stereocenters. The van der Waals surface area contributed by atoms with E-state index in [-0.39, 0.29) is 12.3 Å². The van der Waals surface area contributed by atoms with E-state index in [0.717, 1.165) is 21.5 Å². The minimum absolute atomic E-state index is 0.240. The average molecular weight is 397 g/mol. The molecule has 0 radical (unpaired) electrons. The lowest BCUT2D eigenvalue weighted by Crippen LogP contribution is -2.44. The number of fused-ring (bicyclic) bond motifs is 2. The number of hydrogen-bond donors (Lipinski definition) is 2. The number of benzene rings is 3. The minimum atomic E-state index is -0.822. The van der Waals surface area contributed by atoms with Crippen LogP contribution >= 0.6 is 15.9 Å². The predicted octanol–water partition coefficient (Wildman–Crippen LogP) is 3.88. The standard InChI is InChI=1S/C20H17BrN2O2/c1-12(21)10-17(19(22)24)23-20(25)18-15-8-4-2-6-13(15)11-14-7-3-5-9-16(14)18/h2-9,11,17H,1,10H2,(H2,22,24)(H,23,25)/t17-/m0/s1. The van der Waals surface area contributed by atoms with Crippen molar-refractivity contribution in [3.8, 4) is 0 Å². The van der Waals surface area contributed by atoms with Crippen molar-refractivity contribution in [3.63, 3.8) is 0 Å². The summed E-state index contributed by atoms with van der Waals surface area (Å²) in [7, 11) is 0. The Morgan fingerprint density at radius 2 is 1.56 bits per heavy atom. The molecule has 25 heavy (non-hydrogen) atoms. The third-order valence-electron chi connectivity index (χ3n) is 4.07. The summed E-state index contributed by atoms with van der Waals surface area (Å²) in [6, 6.07) is 16.6. The van der Waals surface area contributed by atoms with Crippen LogP contribution in [-0.4, -0.2) is 17.9 Å². The molecular weight excluding hydrogens is 380 g/mol. The van der Waals surface area contributed by atoms with Crippen LogP contribution in [0.2, 0.25) is 0 Å². The Bertz CT molecular complexity index is 943. The Kier molecular flexibility index (Phi) is 4.86. The van der Waals surface area contributed by atoms with Crippen molar-refractivity contribution >= 4 is 49.3 Å². The van der Waals surface area contributed by atoms with E-state index in [2.05, 4.69) is 27.8 Å². The molecule has 0 aliphatic heterocycles. The molecule has 3 aromatic rings. The molecule has 3 rings (SSSR count). The lowest BCUT2D eigenvalue weighted by Gasteiger charge is -2.17. The number of primary amides is 1. The fraction of sp³-hybridized carbons (Fsp3) is 0.100. The van der Waals surface area contributed by atoms with Gasteiger partial charge in [0.2, 0.25) is 5.91 Å². The van der Waals surface area contributed by atoms with Crippen LogP contribution in [0, 0.1) is 0 Å². The van der Waals surface area contributed by atoms with Gasteiger partial charge in [-0.05, 0) is 32.1 Å². The zero-order valence-corrected chi connectivity index (χ0v) is 15.0. The van der Waals surface area contributed by atoms with E-state index in [1.807, 2.05) is 54.6 Å². The van der Waals surface area contributed by atoms with Crippen molar-refractivity contribution in [2.24, 2.45) is 5.73 Å². The number of nitrogens with one attached hydrogen (secondary N) is 1. The molecule has 126 valence electrons. The first-order valence-electron chi connectivity index (χ1n) is 7.81. The van der Waals surface area contributed by atoms with E-state index >= 15 is 0 Å². The molecule has 3 N–H and O–H groups in total. The molecule has 0 fully saturated rings. The second kappa shape index (κ2) is 7.07. The van der Waals surface area contributed by atoms with E-state index in [1.165, 1.54) is 0 Å². The summed E-state index contributed by atoms with van der Waals surface area (Å²) >= 11 is 3.22. The smallest absolute Gasteiger partial charge is 0.253 e. The SMILES string of the molecule is C=C(Br)C[C@H](NC(=O)c1c2ccccc2cc2ccccc12)C(N)=O. The Morgan fingerprint density at radius 1 is 1.04 bits per heavy atom. The highest BCUT2D eigenvalue weighted by atomic mass is 79.9. The average Bonchev–Trinajstić information content (AvgIpc) is 2.58. The first kappa shape index (κ1) is 17.2. The molecule has 0 aliphatic rings. The van der Waals surface area contributed by atoms with E-state index in [4.69, 9.17) is 5.73 Å². The largest absolute Gasteiger partial charge is 0.368 e. The fourth-order valence-corrected chi connectivity index (χ4v) is 3.26. The Hall–Kier alpha value is -2.66. The highest BCUT2D eigenvalue weighted by Gasteiger charge is 2.22. The van der Waals surface area contributed by atoms with Gasteiger partial charge in [-0.2, -0.15) is 0 Å². The molecule has 0 saturated heterocycles. The quantitative estimate of drug-likeness (QED) is 0.642. The number of carbonyl (C=O) groups excluding carboxylic acids is 2. The summed E-state index contributed by atoms with van der Waals surface area (Å²) in [5.41, 5.74) is 5.96. The summed E-state index contributed by atoms with van der Waals surface area (Å²) in [5, 5.41) is 6.34. The Labute approximate surface area is 153 Å². The van der Waals surface area contributed by atoms with Gasteiger partial charge in [0, 0.05) is 6.42 Å². The number of carbonyl (C=O) groups is 2. The Balaban J connectivity index is 2.13. The van der Waals surface area contributed by atoms with Crippen molar-refractivity contribution in [2.45, 2.75) is 12.5 Å². The lowest BCUT2D eigenvalue weighted by atomic mass is 9.96. The number of halogens is 1. The van der Waals surface area contributed by atoms with Gasteiger partial charge in [0.1, 0.15) is 6.04 Å². The van der Waals surface area contributed by atoms with Gasteiger partial charge in [-0.25, -0.2) is 0 Å². The van der Waals surface area contributed by atoms with E-state index in [9.17, 15) is 9.59 Å². The molecule has 0 unspecified atom stereocenters. The maximum atomic E-state index is 13.0. The predicted molar refractivity (Wildman–Crippen MR) is 105 cm³/mol. The summed E-state index contributed by atoms with van der Waals surface area (Å²) in [6.07, 6.45) is 0.240. The van der Waals surface area contributed by atoms with Gasteiger partial charge in [-0.15, -0.1) is 0 Å². The summed E-state index contributed by atoms with van der Waals surface area (Å²) in [6.45, 7) is 3.71. The van der Waals surface area contributed by atoms with Crippen molar-refractivity contribution in [1.82, 2.24) is 5.32 Å². The second-order valence-corrected chi connectivity index (χ2v) is 6.97. The summed E-state index contributed by atoms with van der Waals surface area (Å²) < 4.78 is 0.597. The highest BCUT2D eigenvalue weighted by molar-refractivity contribution is 9.11. The molecule has 4 nitrogen and oxygen atoms in total. The first-order chi connectivity index (χ1) is 12.0. The molecular formula is C20H17BrN2O2. The van der Waals surface area contributed by atoms with Gasteiger partial charge in [-0.3, -0.25) is 9.59 Å². The van der Waals surface area contributed by atoms with Crippen LogP contribution in [0.25, 0.3) is 21.5 Å². The number of rotatable bonds is 5. The van der Waals surface area contributed by atoms with Crippen LogP contribution in [0.5, 0.6) is 0 Å². The van der Waals surface area contributed by atoms with Crippen LogP contribution in [0.1, 0.15) is 16.8 Å². The first-order valence-corrected chi connectivity index (χ1v) is 8.60.